The van der Waals surface area contributed by atoms with E-state index in [4.69, 9.17) is 0 Å². The van der Waals surface area contributed by atoms with Crippen LogP contribution in [0.4, 0.5) is 5.69 Å². The zero-order valence-electron chi connectivity index (χ0n) is 13.7. The Morgan fingerprint density at radius 3 is 2.22 bits per heavy atom. The number of benzene rings is 2. The van der Waals surface area contributed by atoms with Gasteiger partial charge in [-0.2, -0.15) is 0 Å². The summed E-state index contributed by atoms with van der Waals surface area (Å²) in [6, 6.07) is 18.4. The van der Waals surface area contributed by atoms with Crippen molar-refractivity contribution in [2.45, 2.75) is 13.3 Å². The molecule has 1 saturated heterocycles. The van der Waals surface area contributed by atoms with Crippen molar-refractivity contribution in [1.29, 1.82) is 0 Å². The Labute approximate surface area is 138 Å². The minimum absolute atomic E-state index is 0.246. The maximum absolute atomic E-state index is 12.2. The van der Waals surface area contributed by atoms with Crippen molar-refractivity contribution < 1.29 is 4.79 Å². The molecule has 0 spiro atoms. The van der Waals surface area contributed by atoms with Gasteiger partial charge < -0.3 is 4.90 Å². The van der Waals surface area contributed by atoms with E-state index in [2.05, 4.69) is 40.1 Å². The van der Waals surface area contributed by atoms with E-state index in [-0.39, 0.29) is 5.78 Å². The minimum Gasteiger partial charge on any atom is -0.369 e. The van der Waals surface area contributed by atoms with Gasteiger partial charge in [0.1, 0.15) is 0 Å². The van der Waals surface area contributed by atoms with Gasteiger partial charge in [-0.05, 0) is 19.1 Å². The molecule has 0 amide bonds. The summed E-state index contributed by atoms with van der Waals surface area (Å²) < 4.78 is 0. The minimum atomic E-state index is 0.246. The molecule has 3 nitrogen and oxygen atoms in total. The first kappa shape index (κ1) is 15.8. The van der Waals surface area contributed by atoms with E-state index in [0.29, 0.717) is 6.42 Å². The van der Waals surface area contributed by atoms with Gasteiger partial charge in [-0.3, -0.25) is 9.69 Å². The smallest absolute Gasteiger partial charge is 0.164 e. The fraction of sp³-hybridized carbons (Fsp3) is 0.350. The molecule has 2 aromatic rings. The number of ketones is 1. The standard InChI is InChI=1S/C20H24N2O/c1-17-7-9-18(10-8-17)20(23)11-12-21-13-15-22(16-14-21)19-5-3-2-4-6-19/h2-10H,11-16H2,1H3. The number of rotatable bonds is 5. The molecule has 0 aromatic heterocycles. The van der Waals surface area contributed by atoms with Gasteiger partial charge in [-0.15, -0.1) is 0 Å². The fourth-order valence-corrected chi connectivity index (χ4v) is 3.01. The van der Waals surface area contributed by atoms with Gasteiger partial charge in [0.15, 0.2) is 5.78 Å². The molecular formula is C20H24N2O. The number of para-hydroxylation sites is 1. The Morgan fingerprint density at radius 2 is 1.57 bits per heavy atom. The molecule has 0 aliphatic carbocycles. The first-order chi connectivity index (χ1) is 11.2. The lowest BCUT2D eigenvalue weighted by molar-refractivity contribution is 0.0962. The Kier molecular flexibility index (Phi) is 5.09. The molecule has 23 heavy (non-hydrogen) atoms. The van der Waals surface area contributed by atoms with Gasteiger partial charge in [-0.25, -0.2) is 0 Å². The molecule has 0 radical (unpaired) electrons. The van der Waals surface area contributed by atoms with Crippen LogP contribution in [0.25, 0.3) is 0 Å². The van der Waals surface area contributed by atoms with Crippen LogP contribution in [0, 0.1) is 6.92 Å². The number of hydrogen-bond acceptors (Lipinski definition) is 3. The number of aryl methyl sites for hydroxylation is 1. The van der Waals surface area contributed by atoms with E-state index in [1.54, 1.807) is 0 Å². The Bertz CT molecular complexity index is 628. The summed E-state index contributed by atoms with van der Waals surface area (Å²) in [5, 5.41) is 0. The van der Waals surface area contributed by atoms with Crippen LogP contribution in [0.2, 0.25) is 0 Å². The van der Waals surface area contributed by atoms with Crippen molar-refractivity contribution in [2.75, 3.05) is 37.6 Å². The van der Waals surface area contributed by atoms with Crippen molar-refractivity contribution in [3.05, 3.63) is 65.7 Å². The average molecular weight is 308 g/mol. The van der Waals surface area contributed by atoms with Crippen molar-refractivity contribution in [2.24, 2.45) is 0 Å². The SMILES string of the molecule is Cc1ccc(C(=O)CCN2CCN(c3ccccc3)CC2)cc1. The van der Waals surface area contributed by atoms with Crippen molar-refractivity contribution >= 4 is 11.5 Å². The van der Waals surface area contributed by atoms with Crippen LogP contribution in [-0.2, 0) is 0 Å². The van der Waals surface area contributed by atoms with Gasteiger partial charge in [0, 0.05) is 50.4 Å². The van der Waals surface area contributed by atoms with Crippen LogP contribution in [0.5, 0.6) is 0 Å². The first-order valence-corrected chi connectivity index (χ1v) is 8.34. The van der Waals surface area contributed by atoms with E-state index in [1.807, 2.05) is 31.2 Å². The Hall–Kier alpha value is -2.13. The normalized spacial score (nSPS) is 15.6. The zero-order chi connectivity index (χ0) is 16.1. The summed E-state index contributed by atoms with van der Waals surface area (Å²) in [6.45, 7) is 7.01. The number of piperazine rings is 1. The number of carbonyl (C=O) groups excluding carboxylic acids is 1. The van der Waals surface area contributed by atoms with Crippen LogP contribution >= 0.6 is 0 Å². The van der Waals surface area contributed by atoms with Crippen LogP contribution in [0.15, 0.2) is 54.6 Å². The monoisotopic (exact) mass is 308 g/mol. The molecule has 120 valence electrons. The molecule has 0 N–H and O–H groups in total. The van der Waals surface area contributed by atoms with Crippen LogP contribution in [0.1, 0.15) is 22.3 Å². The third kappa shape index (κ3) is 4.20. The second-order valence-electron chi connectivity index (χ2n) is 6.20. The number of anilines is 1. The molecule has 3 rings (SSSR count). The fourth-order valence-electron chi connectivity index (χ4n) is 3.01. The third-order valence-corrected chi connectivity index (χ3v) is 4.52. The highest BCUT2D eigenvalue weighted by atomic mass is 16.1. The quantitative estimate of drug-likeness (QED) is 0.791. The number of Topliss-reactive ketones (excluding diaryl/α,β-unsaturated/α-hetero) is 1. The molecule has 0 atom stereocenters. The third-order valence-electron chi connectivity index (χ3n) is 4.52. The summed E-state index contributed by atoms with van der Waals surface area (Å²) in [5.74, 6) is 0.246. The van der Waals surface area contributed by atoms with Crippen LogP contribution < -0.4 is 4.90 Å². The molecule has 0 unspecified atom stereocenters. The van der Waals surface area contributed by atoms with Crippen molar-refractivity contribution in [1.82, 2.24) is 4.90 Å². The first-order valence-electron chi connectivity index (χ1n) is 8.34. The van der Waals surface area contributed by atoms with Gasteiger partial charge in [0.05, 0.1) is 0 Å². The van der Waals surface area contributed by atoms with Gasteiger partial charge in [-0.1, -0.05) is 48.0 Å². The summed E-state index contributed by atoms with van der Waals surface area (Å²) in [5.41, 5.74) is 3.32. The molecular weight excluding hydrogens is 284 g/mol. The Morgan fingerprint density at radius 1 is 0.913 bits per heavy atom. The van der Waals surface area contributed by atoms with E-state index in [0.717, 1.165) is 38.3 Å². The molecule has 1 aliphatic heterocycles. The van der Waals surface area contributed by atoms with E-state index < -0.39 is 0 Å². The highest BCUT2D eigenvalue weighted by Crippen LogP contribution is 2.16. The number of hydrogen-bond donors (Lipinski definition) is 0. The highest BCUT2D eigenvalue weighted by Gasteiger charge is 2.17. The molecule has 2 aromatic carbocycles. The van der Waals surface area contributed by atoms with E-state index >= 15 is 0 Å². The van der Waals surface area contributed by atoms with E-state index in [1.165, 1.54) is 11.3 Å². The maximum Gasteiger partial charge on any atom is 0.164 e. The average Bonchev–Trinajstić information content (AvgIpc) is 2.61. The molecule has 1 aliphatic rings. The second-order valence-corrected chi connectivity index (χ2v) is 6.20. The molecule has 1 fully saturated rings. The molecule has 0 saturated carbocycles. The predicted octanol–water partition coefficient (Wildman–Crippen LogP) is 3.39. The van der Waals surface area contributed by atoms with Gasteiger partial charge in [0.2, 0.25) is 0 Å². The predicted molar refractivity (Wildman–Crippen MR) is 95.2 cm³/mol. The number of nitrogens with zero attached hydrogens (tertiary/aromatic N) is 2. The summed E-state index contributed by atoms with van der Waals surface area (Å²) in [7, 11) is 0. The van der Waals surface area contributed by atoms with Crippen LogP contribution in [0.3, 0.4) is 0 Å². The molecule has 3 heteroatoms. The number of carbonyl (C=O) groups is 1. The van der Waals surface area contributed by atoms with E-state index in [9.17, 15) is 4.79 Å². The van der Waals surface area contributed by atoms with Gasteiger partial charge in [0.25, 0.3) is 0 Å². The highest BCUT2D eigenvalue weighted by molar-refractivity contribution is 5.96. The topological polar surface area (TPSA) is 23.6 Å². The van der Waals surface area contributed by atoms with Crippen molar-refractivity contribution in [3.63, 3.8) is 0 Å². The van der Waals surface area contributed by atoms with Gasteiger partial charge >= 0.3 is 0 Å². The molecule has 1 heterocycles. The lowest BCUT2D eigenvalue weighted by Crippen LogP contribution is -2.46. The van der Waals surface area contributed by atoms with Crippen LogP contribution in [-0.4, -0.2) is 43.4 Å². The maximum atomic E-state index is 12.2. The second kappa shape index (κ2) is 7.42. The largest absolute Gasteiger partial charge is 0.369 e. The molecule has 0 bridgehead atoms. The summed E-state index contributed by atoms with van der Waals surface area (Å²) in [4.78, 5) is 17.1. The lowest BCUT2D eigenvalue weighted by Gasteiger charge is -2.36. The zero-order valence-corrected chi connectivity index (χ0v) is 13.7. The lowest BCUT2D eigenvalue weighted by atomic mass is 10.1. The van der Waals surface area contributed by atoms with Crippen molar-refractivity contribution in [3.8, 4) is 0 Å². The Balaban J connectivity index is 1.46. The summed E-state index contributed by atoms with van der Waals surface area (Å²) in [6.07, 6.45) is 0.606. The summed E-state index contributed by atoms with van der Waals surface area (Å²) >= 11 is 0.